The fraction of sp³-hybridized carbons (Fsp3) is 0.308. The average molecular weight is 470 g/mol. The van der Waals surface area contributed by atoms with Crippen molar-refractivity contribution in [2.75, 3.05) is 28.7 Å². The number of benzene rings is 2. The second-order valence-corrected chi connectivity index (χ2v) is 9.78. The number of nitrogens with zero attached hydrogens (tertiary/aromatic N) is 5. The molecule has 1 fully saturated rings. The van der Waals surface area contributed by atoms with Crippen molar-refractivity contribution in [3.05, 3.63) is 72.1 Å². The molecule has 9 nitrogen and oxygen atoms in total. The Morgan fingerprint density at radius 3 is 2.83 bits per heavy atom. The first-order valence-electron chi connectivity index (χ1n) is 11.8. The van der Waals surface area contributed by atoms with Crippen LogP contribution in [0.4, 0.5) is 23.1 Å². The zero-order valence-corrected chi connectivity index (χ0v) is 19.6. The number of aromatic nitrogens is 4. The van der Waals surface area contributed by atoms with Gasteiger partial charge in [0.05, 0.1) is 11.5 Å². The maximum absolute atomic E-state index is 12.3. The van der Waals surface area contributed by atoms with E-state index in [1.165, 1.54) is 5.56 Å². The first kappa shape index (κ1) is 21.5. The van der Waals surface area contributed by atoms with E-state index >= 15 is 0 Å². The first-order valence-corrected chi connectivity index (χ1v) is 11.8. The van der Waals surface area contributed by atoms with Gasteiger partial charge in [0.1, 0.15) is 0 Å². The van der Waals surface area contributed by atoms with Gasteiger partial charge in [0.2, 0.25) is 11.9 Å². The molecule has 178 valence electrons. The molecule has 0 radical (unpaired) electrons. The summed E-state index contributed by atoms with van der Waals surface area (Å²) in [4.78, 5) is 23.9. The molecule has 4 aromatic rings. The molecule has 0 saturated carbocycles. The second kappa shape index (κ2) is 8.06. The van der Waals surface area contributed by atoms with Crippen molar-refractivity contribution >= 4 is 34.7 Å². The lowest BCUT2D eigenvalue weighted by molar-refractivity contribution is -0.119. The van der Waals surface area contributed by atoms with Crippen LogP contribution in [0.5, 0.6) is 0 Å². The number of amides is 1. The highest BCUT2D eigenvalue weighted by atomic mass is 16.3. The number of hydrogen-bond acceptors (Lipinski definition) is 7. The van der Waals surface area contributed by atoms with Gasteiger partial charge in [-0.05, 0) is 43.5 Å². The quantitative estimate of drug-likeness (QED) is 0.409. The molecule has 2 aromatic heterocycles. The minimum atomic E-state index is -0.548. The Morgan fingerprint density at radius 2 is 2.03 bits per heavy atom. The Hall–Kier alpha value is -3.98. The largest absolute Gasteiger partial charge is 0.396 e. The Kier molecular flexibility index (Phi) is 4.96. The van der Waals surface area contributed by atoms with Gasteiger partial charge in [-0.25, -0.2) is 9.50 Å². The summed E-state index contributed by atoms with van der Waals surface area (Å²) in [7, 11) is 0. The lowest BCUT2D eigenvalue weighted by Crippen LogP contribution is -2.26. The molecule has 1 saturated heterocycles. The third-order valence-electron chi connectivity index (χ3n) is 7.10. The summed E-state index contributed by atoms with van der Waals surface area (Å²) in [6, 6.07) is 16.2. The Bertz CT molecular complexity index is 1420. The second-order valence-electron chi connectivity index (χ2n) is 9.78. The number of anilines is 4. The van der Waals surface area contributed by atoms with Crippen LogP contribution in [0.2, 0.25) is 0 Å². The summed E-state index contributed by atoms with van der Waals surface area (Å²) in [5.41, 5.74) is 3.85. The summed E-state index contributed by atoms with van der Waals surface area (Å²) in [5.74, 6) is 1.33. The number of carbonyl (C=O) groups excluding carboxylic acids is 1. The van der Waals surface area contributed by atoms with Crippen molar-refractivity contribution in [2.45, 2.75) is 31.7 Å². The molecule has 2 aliphatic rings. The van der Waals surface area contributed by atoms with Crippen molar-refractivity contribution < 1.29 is 9.90 Å². The topological polar surface area (TPSA) is 108 Å². The van der Waals surface area contributed by atoms with E-state index in [4.69, 9.17) is 4.98 Å². The summed E-state index contributed by atoms with van der Waals surface area (Å²) in [6.45, 7) is 4.66. The van der Waals surface area contributed by atoms with E-state index in [1.54, 1.807) is 16.9 Å². The lowest BCUT2D eigenvalue weighted by Gasteiger charge is -2.26. The molecule has 9 heteroatoms. The van der Waals surface area contributed by atoms with Crippen LogP contribution in [0.15, 0.2) is 60.9 Å². The minimum absolute atomic E-state index is 0.00834. The molecule has 1 amide bonds. The molecular formula is C26H27N7O2. The van der Waals surface area contributed by atoms with Crippen molar-refractivity contribution in [1.29, 1.82) is 0 Å². The molecule has 2 aromatic carbocycles. The molecule has 0 bridgehead atoms. The molecule has 2 aliphatic heterocycles. The van der Waals surface area contributed by atoms with Gasteiger partial charge in [0, 0.05) is 42.8 Å². The fourth-order valence-corrected chi connectivity index (χ4v) is 5.14. The van der Waals surface area contributed by atoms with E-state index in [0.29, 0.717) is 18.1 Å². The Labute approximate surface area is 202 Å². The van der Waals surface area contributed by atoms with Gasteiger partial charge in [-0.15, -0.1) is 5.10 Å². The van der Waals surface area contributed by atoms with E-state index in [9.17, 15) is 9.90 Å². The maximum atomic E-state index is 12.3. The molecule has 0 unspecified atom stereocenters. The summed E-state index contributed by atoms with van der Waals surface area (Å²) < 4.78 is 1.72. The molecule has 0 aliphatic carbocycles. The predicted octanol–water partition coefficient (Wildman–Crippen LogP) is 3.66. The van der Waals surface area contributed by atoms with Crippen molar-refractivity contribution in [1.82, 2.24) is 19.6 Å². The van der Waals surface area contributed by atoms with E-state index < -0.39 is 5.41 Å². The van der Waals surface area contributed by atoms with Gasteiger partial charge in [-0.3, -0.25) is 4.79 Å². The van der Waals surface area contributed by atoms with Crippen LogP contribution in [-0.2, 0) is 10.2 Å². The summed E-state index contributed by atoms with van der Waals surface area (Å²) in [5, 5.41) is 20.7. The van der Waals surface area contributed by atoms with Crippen molar-refractivity contribution in [2.24, 2.45) is 5.92 Å². The molecular weight excluding hydrogens is 442 g/mol. The number of hydrogen-bond donors (Lipinski definition) is 3. The average Bonchev–Trinajstić information content (AvgIpc) is 3.53. The van der Waals surface area contributed by atoms with Crippen LogP contribution in [-0.4, -0.2) is 43.7 Å². The summed E-state index contributed by atoms with van der Waals surface area (Å²) >= 11 is 0. The highest BCUT2D eigenvalue weighted by Gasteiger charge is 2.38. The monoisotopic (exact) mass is 469 g/mol. The standard InChI is InChI=1S/C26H27N7O2/c1-26(2)19-9-8-18(13-20(19)29-24(26)35)28-25-30-23-22(27-10-11-33(23)31-25)32-14-16(15-34)12-21(32)17-6-4-3-5-7-17/h3-11,13,16,21,34H,12,14-15H2,1-2H3,(H,28,31)(H,29,35)/t16-,21-/m1/s1. The normalized spacial score (nSPS) is 20.8. The fourth-order valence-electron chi connectivity index (χ4n) is 5.14. The van der Waals surface area contributed by atoms with E-state index in [2.05, 4.69) is 37.7 Å². The van der Waals surface area contributed by atoms with E-state index in [0.717, 1.165) is 29.2 Å². The van der Waals surface area contributed by atoms with Crippen molar-refractivity contribution in [3.63, 3.8) is 0 Å². The molecule has 6 rings (SSSR count). The Balaban J connectivity index is 1.33. The van der Waals surface area contributed by atoms with Gasteiger partial charge in [0.15, 0.2) is 11.5 Å². The number of aliphatic hydroxyl groups excluding tert-OH is 1. The van der Waals surface area contributed by atoms with Crippen LogP contribution < -0.4 is 15.5 Å². The number of aliphatic hydroxyl groups is 1. The van der Waals surface area contributed by atoms with Crippen LogP contribution >= 0.6 is 0 Å². The molecule has 3 N–H and O–H groups in total. The number of fused-ring (bicyclic) bond motifs is 2. The summed E-state index contributed by atoms with van der Waals surface area (Å²) in [6.07, 6.45) is 4.35. The smallest absolute Gasteiger partial charge is 0.247 e. The van der Waals surface area contributed by atoms with Crippen LogP contribution in [0.3, 0.4) is 0 Å². The van der Waals surface area contributed by atoms with Crippen LogP contribution in [0, 0.1) is 5.92 Å². The van der Waals surface area contributed by atoms with E-state index in [1.807, 2.05) is 50.2 Å². The van der Waals surface area contributed by atoms with Crippen LogP contribution in [0.1, 0.15) is 37.4 Å². The van der Waals surface area contributed by atoms with Gasteiger partial charge < -0.3 is 20.6 Å². The number of rotatable bonds is 5. The molecule has 2 atom stereocenters. The zero-order valence-electron chi connectivity index (χ0n) is 19.6. The Morgan fingerprint density at radius 1 is 1.20 bits per heavy atom. The van der Waals surface area contributed by atoms with Gasteiger partial charge in [0.25, 0.3) is 0 Å². The number of nitrogens with one attached hydrogen (secondary N) is 2. The van der Waals surface area contributed by atoms with E-state index in [-0.39, 0.29) is 24.5 Å². The minimum Gasteiger partial charge on any atom is -0.396 e. The van der Waals surface area contributed by atoms with Gasteiger partial charge in [-0.1, -0.05) is 36.4 Å². The third-order valence-corrected chi connectivity index (χ3v) is 7.10. The first-order chi connectivity index (χ1) is 16.9. The molecule has 35 heavy (non-hydrogen) atoms. The highest BCUT2D eigenvalue weighted by molar-refractivity contribution is 6.06. The van der Waals surface area contributed by atoms with Gasteiger partial charge in [-0.2, -0.15) is 4.98 Å². The zero-order chi connectivity index (χ0) is 24.2. The molecule has 4 heterocycles. The maximum Gasteiger partial charge on any atom is 0.247 e. The predicted molar refractivity (Wildman–Crippen MR) is 134 cm³/mol. The lowest BCUT2D eigenvalue weighted by atomic mass is 9.86. The molecule has 0 spiro atoms. The number of carbonyl (C=O) groups is 1. The van der Waals surface area contributed by atoms with Gasteiger partial charge >= 0.3 is 0 Å². The third kappa shape index (κ3) is 3.59. The van der Waals surface area contributed by atoms with Crippen molar-refractivity contribution in [3.8, 4) is 0 Å². The SMILES string of the molecule is CC1(C)C(=O)Nc2cc(Nc3nc4c(N5C[C@H](CO)C[C@@H]5c5ccccc5)nccn4n3)ccc21. The highest BCUT2D eigenvalue weighted by Crippen LogP contribution is 2.40. The van der Waals surface area contributed by atoms with Crippen LogP contribution in [0.25, 0.3) is 5.65 Å².